The van der Waals surface area contributed by atoms with Gasteiger partial charge in [-0.1, -0.05) is 18.2 Å². The first kappa shape index (κ1) is 15.6. The van der Waals surface area contributed by atoms with E-state index in [9.17, 15) is 4.79 Å². The van der Waals surface area contributed by atoms with Crippen molar-refractivity contribution in [3.63, 3.8) is 0 Å². The van der Waals surface area contributed by atoms with Gasteiger partial charge in [-0.05, 0) is 31.9 Å². The number of nitrogens with one attached hydrogen (secondary N) is 1. The molecule has 1 aliphatic heterocycles. The van der Waals surface area contributed by atoms with Gasteiger partial charge in [0.25, 0.3) is 5.91 Å². The fourth-order valence-electron chi connectivity index (χ4n) is 2.58. The molecule has 23 heavy (non-hydrogen) atoms. The van der Waals surface area contributed by atoms with Crippen molar-refractivity contribution in [2.24, 2.45) is 0 Å². The van der Waals surface area contributed by atoms with Gasteiger partial charge in [-0.15, -0.1) is 0 Å². The number of ether oxygens (including phenoxy) is 2. The second-order valence-corrected chi connectivity index (χ2v) is 5.39. The van der Waals surface area contributed by atoms with Crippen LogP contribution in [0.2, 0.25) is 0 Å². The Bertz CT molecular complexity index is 648. The van der Waals surface area contributed by atoms with Crippen LogP contribution in [0.4, 0.5) is 0 Å². The monoisotopic (exact) mass is 315 g/mol. The normalized spacial score (nSPS) is 17.2. The number of amides is 1. The van der Waals surface area contributed by atoms with Crippen LogP contribution in [0.25, 0.3) is 5.69 Å². The molecule has 1 saturated heterocycles. The van der Waals surface area contributed by atoms with Crippen molar-refractivity contribution in [1.29, 1.82) is 0 Å². The van der Waals surface area contributed by atoms with Crippen LogP contribution >= 0.6 is 0 Å². The molecule has 6 nitrogen and oxygen atoms in total. The highest BCUT2D eigenvalue weighted by Crippen LogP contribution is 2.19. The van der Waals surface area contributed by atoms with Crippen LogP contribution in [0.15, 0.2) is 36.4 Å². The van der Waals surface area contributed by atoms with Crippen molar-refractivity contribution in [3.8, 4) is 11.6 Å². The first-order valence-electron chi connectivity index (χ1n) is 7.96. The Morgan fingerprint density at radius 3 is 2.96 bits per heavy atom. The summed E-state index contributed by atoms with van der Waals surface area (Å²) in [7, 11) is 0. The van der Waals surface area contributed by atoms with Crippen molar-refractivity contribution < 1.29 is 14.3 Å². The molecule has 1 aromatic heterocycles. The molecule has 0 aliphatic carbocycles. The quantitative estimate of drug-likeness (QED) is 0.887. The summed E-state index contributed by atoms with van der Waals surface area (Å²) in [5, 5.41) is 7.26. The third-order valence-electron chi connectivity index (χ3n) is 3.72. The number of nitrogens with zero attached hydrogens (tertiary/aromatic N) is 2. The smallest absolute Gasteiger partial charge is 0.272 e. The van der Waals surface area contributed by atoms with E-state index in [4.69, 9.17) is 9.47 Å². The maximum absolute atomic E-state index is 12.3. The highest BCUT2D eigenvalue weighted by atomic mass is 16.5. The maximum Gasteiger partial charge on any atom is 0.272 e. The van der Waals surface area contributed by atoms with E-state index in [1.807, 2.05) is 37.3 Å². The highest BCUT2D eigenvalue weighted by molar-refractivity contribution is 5.92. The summed E-state index contributed by atoms with van der Waals surface area (Å²) >= 11 is 0. The zero-order valence-electron chi connectivity index (χ0n) is 13.2. The Kier molecular flexibility index (Phi) is 4.92. The van der Waals surface area contributed by atoms with Crippen molar-refractivity contribution in [2.45, 2.75) is 25.9 Å². The van der Waals surface area contributed by atoms with Gasteiger partial charge in [0, 0.05) is 19.2 Å². The fraction of sp³-hybridized carbons (Fsp3) is 0.412. The second-order valence-electron chi connectivity index (χ2n) is 5.39. The number of carbonyl (C=O) groups is 1. The predicted octanol–water partition coefficient (Wildman–Crippen LogP) is 2.18. The summed E-state index contributed by atoms with van der Waals surface area (Å²) in [5.74, 6) is 0.345. The molecule has 1 aromatic carbocycles. The lowest BCUT2D eigenvalue weighted by Gasteiger charge is -2.09. The third kappa shape index (κ3) is 3.71. The zero-order chi connectivity index (χ0) is 16.1. The minimum atomic E-state index is -0.212. The number of hydrogen-bond acceptors (Lipinski definition) is 4. The molecule has 2 aromatic rings. The molecule has 0 bridgehead atoms. The van der Waals surface area contributed by atoms with Crippen molar-refractivity contribution in [3.05, 3.63) is 42.1 Å². The van der Waals surface area contributed by atoms with E-state index in [-0.39, 0.29) is 12.0 Å². The molecule has 1 fully saturated rings. The van der Waals surface area contributed by atoms with Crippen LogP contribution in [0.5, 0.6) is 5.88 Å². The van der Waals surface area contributed by atoms with Gasteiger partial charge in [-0.3, -0.25) is 4.79 Å². The summed E-state index contributed by atoms with van der Waals surface area (Å²) in [4.78, 5) is 12.3. The van der Waals surface area contributed by atoms with Crippen LogP contribution in [-0.4, -0.2) is 41.6 Å². The standard InChI is InChI=1S/C17H21N3O3/c1-2-22-16-11-15(17(21)18-12-14-9-6-10-23-14)19-20(16)13-7-4-3-5-8-13/h3-5,7-8,11,14H,2,6,9-10,12H2,1H3,(H,18,21)/t14-/m0/s1. The van der Waals surface area contributed by atoms with Gasteiger partial charge in [0.15, 0.2) is 5.69 Å². The van der Waals surface area contributed by atoms with Gasteiger partial charge >= 0.3 is 0 Å². The van der Waals surface area contributed by atoms with Gasteiger partial charge in [0.05, 0.1) is 18.4 Å². The largest absolute Gasteiger partial charge is 0.478 e. The molecule has 1 aliphatic rings. The average Bonchev–Trinajstić information content (AvgIpc) is 3.23. The summed E-state index contributed by atoms with van der Waals surface area (Å²) in [6.07, 6.45) is 2.15. The number of carbonyl (C=O) groups excluding carboxylic acids is 1. The average molecular weight is 315 g/mol. The van der Waals surface area contributed by atoms with Crippen LogP contribution in [0.1, 0.15) is 30.3 Å². The topological polar surface area (TPSA) is 65.4 Å². The summed E-state index contributed by atoms with van der Waals surface area (Å²) in [6.45, 7) is 3.70. The lowest BCUT2D eigenvalue weighted by Crippen LogP contribution is -2.32. The lowest BCUT2D eigenvalue weighted by molar-refractivity contribution is 0.0853. The van der Waals surface area contributed by atoms with E-state index < -0.39 is 0 Å². The van der Waals surface area contributed by atoms with Crippen LogP contribution in [0, 0.1) is 0 Å². The van der Waals surface area contributed by atoms with Crippen LogP contribution in [0.3, 0.4) is 0 Å². The SMILES string of the molecule is CCOc1cc(C(=O)NC[C@@H]2CCCO2)nn1-c1ccccc1. The minimum absolute atomic E-state index is 0.113. The number of para-hydroxylation sites is 1. The van der Waals surface area contributed by atoms with E-state index in [1.165, 1.54) is 0 Å². The number of rotatable bonds is 6. The molecule has 1 amide bonds. The van der Waals surface area contributed by atoms with Gasteiger partial charge in [-0.25, -0.2) is 4.68 Å². The highest BCUT2D eigenvalue weighted by Gasteiger charge is 2.19. The molecule has 0 saturated carbocycles. The zero-order valence-corrected chi connectivity index (χ0v) is 13.2. The van der Waals surface area contributed by atoms with E-state index in [0.29, 0.717) is 24.7 Å². The molecule has 2 heterocycles. The Balaban J connectivity index is 1.75. The maximum atomic E-state index is 12.3. The van der Waals surface area contributed by atoms with Crippen molar-refractivity contribution in [1.82, 2.24) is 15.1 Å². The van der Waals surface area contributed by atoms with Crippen LogP contribution in [-0.2, 0) is 4.74 Å². The molecule has 1 N–H and O–H groups in total. The number of aromatic nitrogens is 2. The van der Waals surface area contributed by atoms with Gasteiger partial charge in [0.2, 0.25) is 5.88 Å². The molecule has 0 radical (unpaired) electrons. The molecule has 0 unspecified atom stereocenters. The van der Waals surface area contributed by atoms with E-state index >= 15 is 0 Å². The molecular formula is C17H21N3O3. The van der Waals surface area contributed by atoms with Crippen molar-refractivity contribution in [2.75, 3.05) is 19.8 Å². The molecule has 1 atom stereocenters. The molecular weight excluding hydrogens is 294 g/mol. The van der Waals surface area contributed by atoms with Gasteiger partial charge < -0.3 is 14.8 Å². The van der Waals surface area contributed by atoms with Gasteiger partial charge in [-0.2, -0.15) is 5.10 Å². The second kappa shape index (κ2) is 7.28. The van der Waals surface area contributed by atoms with Crippen molar-refractivity contribution >= 4 is 5.91 Å². The first-order chi connectivity index (χ1) is 11.3. The number of hydrogen-bond donors (Lipinski definition) is 1. The third-order valence-corrected chi connectivity index (χ3v) is 3.72. The molecule has 3 rings (SSSR count). The summed E-state index contributed by atoms with van der Waals surface area (Å²) in [5.41, 5.74) is 1.20. The Morgan fingerprint density at radius 2 is 2.26 bits per heavy atom. The Hall–Kier alpha value is -2.34. The fourth-order valence-corrected chi connectivity index (χ4v) is 2.58. The minimum Gasteiger partial charge on any atom is -0.478 e. The summed E-state index contributed by atoms with van der Waals surface area (Å²) < 4.78 is 12.8. The molecule has 6 heteroatoms. The van der Waals surface area contributed by atoms with E-state index in [0.717, 1.165) is 25.1 Å². The van der Waals surface area contributed by atoms with Crippen LogP contribution < -0.4 is 10.1 Å². The predicted molar refractivity (Wildman–Crippen MR) is 86.0 cm³/mol. The van der Waals surface area contributed by atoms with E-state index in [2.05, 4.69) is 10.4 Å². The summed E-state index contributed by atoms with van der Waals surface area (Å²) in [6, 6.07) is 11.3. The molecule has 0 spiro atoms. The molecule has 122 valence electrons. The first-order valence-corrected chi connectivity index (χ1v) is 7.96. The number of benzene rings is 1. The Labute approximate surface area is 135 Å². The Morgan fingerprint density at radius 1 is 1.43 bits per heavy atom. The van der Waals surface area contributed by atoms with Gasteiger partial charge in [0.1, 0.15) is 0 Å². The van der Waals surface area contributed by atoms with E-state index in [1.54, 1.807) is 10.7 Å². The lowest BCUT2D eigenvalue weighted by atomic mass is 10.2.